The molecule has 1 saturated carbocycles. The van der Waals surface area contributed by atoms with Crippen LogP contribution in [0.25, 0.3) is 0 Å². The highest BCUT2D eigenvalue weighted by molar-refractivity contribution is 7.99. The number of fused-ring (bicyclic) bond motifs is 1. The van der Waals surface area contributed by atoms with E-state index in [-0.39, 0.29) is 5.91 Å². The Kier molecular flexibility index (Phi) is 7.09. The average Bonchev–Trinajstić information content (AvgIpc) is 3.16. The fourth-order valence-corrected chi connectivity index (χ4v) is 5.06. The van der Waals surface area contributed by atoms with Crippen molar-refractivity contribution in [2.24, 2.45) is 0 Å². The van der Waals surface area contributed by atoms with Crippen molar-refractivity contribution in [3.63, 3.8) is 0 Å². The predicted molar refractivity (Wildman–Crippen MR) is 106 cm³/mol. The Labute approximate surface area is 156 Å². The summed E-state index contributed by atoms with van der Waals surface area (Å²) in [6.45, 7) is 2.75. The molecule has 0 radical (unpaired) electrons. The van der Waals surface area contributed by atoms with E-state index in [4.69, 9.17) is 4.74 Å². The smallest absolute Gasteiger partial charge is 0.261 e. The second-order valence-electron chi connectivity index (χ2n) is 7.22. The molecule has 0 aromatic heterocycles. The Morgan fingerprint density at radius 1 is 1.20 bits per heavy atom. The number of aryl methyl sites for hydroxylation is 2. The van der Waals surface area contributed by atoms with Crippen LogP contribution in [-0.4, -0.2) is 29.6 Å². The molecule has 138 valence electrons. The minimum Gasteiger partial charge on any atom is -0.481 e. The van der Waals surface area contributed by atoms with Gasteiger partial charge in [-0.15, -0.1) is 0 Å². The Morgan fingerprint density at radius 2 is 1.96 bits per heavy atom. The standard InChI is InChI=1S/C21H31NO2S/c1-2-20(21(23)22-13-14-25-19-9-5-6-10-19)24-18-12-11-16-7-3-4-8-17(16)15-18/h11-12,15,19-20H,2-10,13-14H2,1H3,(H,22,23)/t20-/m0/s1. The molecule has 0 aliphatic heterocycles. The first kappa shape index (κ1) is 18.6. The molecule has 4 heteroatoms. The summed E-state index contributed by atoms with van der Waals surface area (Å²) in [5, 5.41) is 3.87. The largest absolute Gasteiger partial charge is 0.481 e. The van der Waals surface area contributed by atoms with Crippen LogP contribution in [0.3, 0.4) is 0 Å². The van der Waals surface area contributed by atoms with Crippen molar-refractivity contribution in [3.8, 4) is 5.75 Å². The van der Waals surface area contributed by atoms with Gasteiger partial charge in [0.25, 0.3) is 5.91 Å². The summed E-state index contributed by atoms with van der Waals surface area (Å²) in [6.07, 6.45) is 10.6. The number of amides is 1. The van der Waals surface area contributed by atoms with E-state index in [1.807, 2.05) is 24.8 Å². The first-order chi connectivity index (χ1) is 12.3. The van der Waals surface area contributed by atoms with Gasteiger partial charge in [0.1, 0.15) is 5.75 Å². The van der Waals surface area contributed by atoms with Crippen LogP contribution in [0, 0.1) is 0 Å². The Bertz CT molecular complexity index is 569. The van der Waals surface area contributed by atoms with Crippen molar-refractivity contribution < 1.29 is 9.53 Å². The Morgan fingerprint density at radius 3 is 2.72 bits per heavy atom. The van der Waals surface area contributed by atoms with Crippen molar-refractivity contribution in [2.45, 2.75) is 76.1 Å². The van der Waals surface area contributed by atoms with Gasteiger partial charge in [0.2, 0.25) is 0 Å². The molecule has 1 aromatic rings. The van der Waals surface area contributed by atoms with E-state index < -0.39 is 6.10 Å². The van der Waals surface area contributed by atoms with Crippen molar-refractivity contribution in [1.29, 1.82) is 0 Å². The molecule has 1 aromatic carbocycles. The first-order valence-corrected chi connectivity index (χ1v) is 11.0. The Balaban J connectivity index is 1.45. The van der Waals surface area contributed by atoms with Gasteiger partial charge in [0.15, 0.2) is 6.10 Å². The number of rotatable bonds is 8. The molecule has 1 amide bonds. The summed E-state index contributed by atoms with van der Waals surface area (Å²) in [5.74, 6) is 1.86. The molecule has 2 aliphatic rings. The van der Waals surface area contributed by atoms with Gasteiger partial charge in [0.05, 0.1) is 0 Å². The van der Waals surface area contributed by atoms with E-state index >= 15 is 0 Å². The molecule has 1 fully saturated rings. The number of benzene rings is 1. The van der Waals surface area contributed by atoms with E-state index in [2.05, 4.69) is 17.4 Å². The topological polar surface area (TPSA) is 38.3 Å². The Hall–Kier alpha value is -1.16. The molecule has 0 saturated heterocycles. The molecule has 0 unspecified atom stereocenters. The second-order valence-corrected chi connectivity index (χ2v) is 8.63. The maximum absolute atomic E-state index is 12.4. The predicted octanol–water partition coefficient (Wildman–Crippen LogP) is 4.51. The van der Waals surface area contributed by atoms with Crippen molar-refractivity contribution in [2.75, 3.05) is 12.3 Å². The minimum atomic E-state index is -0.391. The summed E-state index contributed by atoms with van der Waals surface area (Å²) in [6, 6.07) is 6.34. The van der Waals surface area contributed by atoms with Gasteiger partial charge in [-0.1, -0.05) is 25.8 Å². The van der Waals surface area contributed by atoms with Crippen molar-refractivity contribution in [1.82, 2.24) is 5.32 Å². The summed E-state index contributed by atoms with van der Waals surface area (Å²) < 4.78 is 6.00. The lowest BCUT2D eigenvalue weighted by atomic mass is 9.92. The van der Waals surface area contributed by atoms with Crippen LogP contribution in [-0.2, 0) is 17.6 Å². The lowest BCUT2D eigenvalue weighted by molar-refractivity contribution is -0.127. The zero-order valence-electron chi connectivity index (χ0n) is 15.4. The van der Waals surface area contributed by atoms with E-state index in [1.54, 1.807) is 0 Å². The third-order valence-corrected chi connectivity index (χ3v) is 6.70. The number of carbonyl (C=O) groups is 1. The second kappa shape index (κ2) is 9.51. The van der Waals surface area contributed by atoms with Crippen molar-refractivity contribution >= 4 is 17.7 Å². The molecule has 3 nitrogen and oxygen atoms in total. The first-order valence-electron chi connectivity index (χ1n) is 9.94. The normalized spacial score (nSPS) is 18.6. The fraction of sp³-hybridized carbons (Fsp3) is 0.667. The maximum atomic E-state index is 12.4. The van der Waals surface area contributed by atoms with Gasteiger partial charge < -0.3 is 10.1 Å². The molecule has 1 atom stereocenters. The van der Waals surface area contributed by atoms with Gasteiger partial charge in [0, 0.05) is 17.5 Å². The van der Waals surface area contributed by atoms with Crippen LogP contribution in [0.1, 0.15) is 63.0 Å². The third kappa shape index (κ3) is 5.40. The molecule has 0 bridgehead atoms. The fourth-order valence-electron chi connectivity index (χ4n) is 3.84. The quantitative estimate of drug-likeness (QED) is 0.692. The van der Waals surface area contributed by atoms with E-state index in [9.17, 15) is 4.79 Å². The van der Waals surface area contributed by atoms with Crippen LogP contribution in [0.5, 0.6) is 5.75 Å². The minimum absolute atomic E-state index is 0.0206. The van der Waals surface area contributed by atoms with Gasteiger partial charge in [-0.05, 0) is 68.2 Å². The van der Waals surface area contributed by atoms with Crippen LogP contribution >= 0.6 is 11.8 Å². The molecular weight excluding hydrogens is 330 g/mol. The number of hydrogen-bond donors (Lipinski definition) is 1. The molecular formula is C21H31NO2S. The molecule has 25 heavy (non-hydrogen) atoms. The van der Waals surface area contributed by atoms with Crippen LogP contribution in [0.4, 0.5) is 0 Å². The molecule has 0 spiro atoms. The summed E-state index contributed by atoms with van der Waals surface area (Å²) >= 11 is 2.01. The molecule has 1 N–H and O–H groups in total. The number of ether oxygens (including phenoxy) is 1. The van der Waals surface area contributed by atoms with Crippen molar-refractivity contribution in [3.05, 3.63) is 29.3 Å². The number of carbonyl (C=O) groups excluding carboxylic acids is 1. The van der Waals surface area contributed by atoms with Crippen LogP contribution in [0.15, 0.2) is 18.2 Å². The van der Waals surface area contributed by atoms with Gasteiger partial charge in [-0.3, -0.25) is 4.79 Å². The highest BCUT2D eigenvalue weighted by Gasteiger charge is 2.20. The monoisotopic (exact) mass is 361 g/mol. The lowest BCUT2D eigenvalue weighted by Gasteiger charge is -2.20. The molecule has 3 rings (SSSR count). The summed E-state index contributed by atoms with van der Waals surface area (Å²) in [7, 11) is 0. The van der Waals surface area contributed by atoms with Crippen LogP contribution < -0.4 is 10.1 Å². The summed E-state index contributed by atoms with van der Waals surface area (Å²) in [4.78, 5) is 12.4. The van der Waals surface area contributed by atoms with Gasteiger partial charge >= 0.3 is 0 Å². The molecule has 2 aliphatic carbocycles. The molecule has 0 heterocycles. The highest BCUT2D eigenvalue weighted by Crippen LogP contribution is 2.29. The van der Waals surface area contributed by atoms with E-state index in [0.717, 1.165) is 29.7 Å². The summed E-state index contributed by atoms with van der Waals surface area (Å²) in [5.41, 5.74) is 2.84. The van der Waals surface area contributed by atoms with Gasteiger partial charge in [-0.2, -0.15) is 11.8 Å². The van der Waals surface area contributed by atoms with Gasteiger partial charge in [-0.25, -0.2) is 0 Å². The number of thioether (sulfide) groups is 1. The highest BCUT2D eigenvalue weighted by atomic mass is 32.2. The average molecular weight is 362 g/mol. The van der Waals surface area contributed by atoms with Crippen LogP contribution in [0.2, 0.25) is 0 Å². The zero-order chi connectivity index (χ0) is 17.5. The lowest BCUT2D eigenvalue weighted by Crippen LogP contribution is -2.39. The third-order valence-electron chi connectivity index (χ3n) is 5.32. The van der Waals surface area contributed by atoms with E-state index in [0.29, 0.717) is 6.42 Å². The number of hydrogen-bond acceptors (Lipinski definition) is 3. The zero-order valence-corrected chi connectivity index (χ0v) is 16.2. The number of nitrogens with one attached hydrogen (secondary N) is 1. The van der Waals surface area contributed by atoms with E-state index in [1.165, 1.54) is 56.1 Å². The maximum Gasteiger partial charge on any atom is 0.261 e. The SMILES string of the molecule is CC[C@H](Oc1ccc2c(c1)CCCC2)C(=O)NCCSC1CCCC1.